The zero-order valence-corrected chi connectivity index (χ0v) is 7.11. The normalized spacial score (nSPS) is 45.3. The Balaban J connectivity index is 1.96. The monoisotopic (exact) mass is 180 g/mol. The highest BCUT2D eigenvalue weighted by Gasteiger charge is 2.49. The average molecular weight is 181 g/mol. The van der Waals surface area contributed by atoms with E-state index in [0.29, 0.717) is 18.1 Å². The van der Waals surface area contributed by atoms with Gasteiger partial charge in [0.05, 0.1) is 12.2 Å². The lowest BCUT2D eigenvalue weighted by Crippen LogP contribution is -2.21. The molecule has 0 aromatic rings. The maximum atomic E-state index is 5.76. The number of ether oxygens (including phenoxy) is 1. The molecule has 0 amide bonds. The summed E-state index contributed by atoms with van der Waals surface area (Å²) in [6, 6.07) is 0. The highest BCUT2D eigenvalue weighted by Crippen LogP contribution is 2.44. The van der Waals surface area contributed by atoms with Gasteiger partial charge in [-0.2, -0.15) is 0 Å². The zero-order valence-electron chi connectivity index (χ0n) is 5.59. The second-order valence-electron chi connectivity index (χ2n) is 3.07. The Bertz CT molecular complexity index is 138. The molecule has 2 rings (SSSR count). The van der Waals surface area contributed by atoms with Crippen LogP contribution in [-0.4, -0.2) is 17.0 Å². The molecule has 0 N–H and O–H groups in total. The van der Waals surface area contributed by atoms with Crippen molar-refractivity contribution in [3.8, 4) is 0 Å². The van der Waals surface area contributed by atoms with Crippen molar-refractivity contribution < 1.29 is 4.74 Å². The molecule has 0 aromatic carbocycles. The minimum atomic E-state index is -0.227. The third-order valence-electron chi connectivity index (χ3n) is 2.39. The maximum Gasteiger partial charge on any atom is 0.113 e. The number of hydrogen-bond acceptors (Lipinski definition) is 1. The Morgan fingerprint density at radius 3 is 2.70 bits per heavy atom. The molecule has 0 spiro atoms. The quantitative estimate of drug-likeness (QED) is 0.446. The van der Waals surface area contributed by atoms with Crippen molar-refractivity contribution in [2.45, 2.75) is 36.3 Å². The van der Waals surface area contributed by atoms with Crippen molar-refractivity contribution in [2.75, 3.05) is 0 Å². The van der Waals surface area contributed by atoms with Gasteiger partial charge in [-0.05, 0) is 12.8 Å². The van der Waals surface area contributed by atoms with Gasteiger partial charge in [-0.1, -0.05) is 6.42 Å². The lowest BCUT2D eigenvalue weighted by molar-refractivity contribution is 0.331. The fourth-order valence-corrected chi connectivity index (χ4v) is 2.29. The SMILES string of the molecule is ClC(Cl)C1CCCC2OC21. The van der Waals surface area contributed by atoms with E-state index in [0.717, 1.165) is 6.42 Å². The summed E-state index contributed by atoms with van der Waals surface area (Å²) in [7, 11) is 0. The van der Waals surface area contributed by atoms with Crippen LogP contribution in [0, 0.1) is 5.92 Å². The fourth-order valence-electron chi connectivity index (χ4n) is 1.75. The van der Waals surface area contributed by atoms with Crippen molar-refractivity contribution in [2.24, 2.45) is 5.92 Å². The molecule has 3 unspecified atom stereocenters. The predicted octanol–water partition coefficient (Wildman–Crippen LogP) is 2.36. The lowest BCUT2D eigenvalue weighted by Gasteiger charge is -2.18. The van der Waals surface area contributed by atoms with Crippen LogP contribution in [0.15, 0.2) is 0 Å². The summed E-state index contributed by atoms with van der Waals surface area (Å²) in [6.07, 6.45) is 4.47. The molecule has 1 aliphatic heterocycles. The second kappa shape index (κ2) is 2.54. The van der Waals surface area contributed by atoms with Gasteiger partial charge in [0.15, 0.2) is 0 Å². The number of fused-ring (bicyclic) bond motifs is 1. The van der Waals surface area contributed by atoms with Crippen molar-refractivity contribution in [1.82, 2.24) is 0 Å². The van der Waals surface area contributed by atoms with Crippen LogP contribution >= 0.6 is 23.2 Å². The fraction of sp³-hybridized carbons (Fsp3) is 1.00. The van der Waals surface area contributed by atoms with Crippen LogP contribution in [0.25, 0.3) is 0 Å². The summed E-state index contributed by atoms with van der Waals surface area (Å²) in [6.45, 7) is 0. The molecule has 3 heteroatoms. The number of hydrogen-bond donors (Lipinski definition) is 0. The van der Waals surface area contributed by atoms with Gasteiger partial charge in [-0.25, -0.2) is 0 Å². The van der Waals surface area contributed by atoms with E-state index < -0.39 is 0 Å². The van der Waals surface area contributed by atoms with Crippen LogP contribution in [0.1, 0.15) is 19.3 Å². The van der Waals surface area contributed by atoms with E-state index in [9.17, 15) is 0 Å². The van der Waals surface area contributed by atoms with E-state index in [2.05, 4.69) is 0 Å². The molecule has 1 nitrogen and oxygen atoms in total. The Hall–Kier alpha value is 0.540. The standard InChI is InChI=1S/C7H10Cl2O/c8-7(9)4-2-1-3-5-6(4)10-5/h4-7H,1-3H2. The van der Waals surface area contributed by atoms with Gasteiger partial charge in [0.2, 0.25) is 0 Å². The maximum absolute atomic E-state index is 5.76. The molecule has 10 heavy (non-hydrogen) atoms. The minimum absolute atomic E-state index is 0.227. The number of epoxide rings is 1. The zero-order chi connectivity index (χ0) is 7.14. The third-order valence-corrected chi connectivity index (χ3v) is 3.04. The first-order valence-corrected chi connectivity index (χ1v) is 4.60. The smallest absolute Gasteiger partial charge is 0.113 e. The van der Waals surface area contributed by atoms with E-state index in [1.807, 2.05) is 0 Å². The summed E-state index contributed by atoms with van der Waals surface area (Å²) in [5.74, 6) is 0.405. The van der Waals surface area contributed by atoms with E-state index in [-0.39, 0.29) is 4.84 Å². The summed E-state index contributed by atoms with van der Waals surface area (Å²) in [4.78, 5) is -0.227. The van der Waals surface area contributed by atoms with E-state index in [4.69, 9.17) is 27.9 Å². The molecule has 2 aliphatic rings. The molecule has 0 aromatic heterocycles. The molecular formula is C7H10Cl2O. The van der Waals surface area contributed by atoms with Gasteiger partial charge in [0.25, 0.3) is 0 Å². The minimum Gasteiger partial charge on any atom is -0.369 e. The van der Waals surface area contributed by atoms with Crippen LogP contribution in [0.3, 0.4) is 0 Å². The molecule has 1 saturated heterocycles. The first kappa shape index (κ1) is 7.20. The summed E-state index contributed by atoms with van der Waals surface area (Å²) >= 11 is 11.5. The molecule has 0 bridgehead atoms. The Kier molecular flexibility index (Phi) is 1.83. The van der Waals surface area contributed by atoms with Crippen molar-refractivity contribution in [3.05, 3.63) is 0 Å². The second-order valence-corrected chi connectivity index (χ2v) is 4.23. The van der Waals surface area contributed by atoms with Gasteiger partial charge < -0.3 is 4.74 Å². The first-order valence-electron chi connectivity index (χ1n) is 3.72. The van der Waals surface area contributed by atoms with E-state index >= 15 is 0 Å². The van der Waals surface area contributed by atoms with Gasteiger partial charge in [-0.3, -0.25) is 0 Å². The summed E-state index contributed by atoms with van der Waals surface area (Å²) in [5.41, 5.74) is 0. The molecule has 1 heterocycles. The van der Waals surface area contributed by atoms with Gasteiger partial charge in [-0.15, -0.1) is 23.2 Å². The van der Waals surface area contributed by atoms with Gasteiger partial charge in [0, 0.05) is 5.92 Å². The lowest BCUT2D eigenvalue weighted by atomic mass is 9.91. The number of alkyl halides is 2. The Morgan fingerprint density at radius 1 is 1.30 bits per heavy atom. The van der Waals surface area contributed by atoms with Crippen LogP contribution in [0.5, 0.6) is 0 Å². The largest absolute Gasteiger partial charge is 0.369 e. The molecule has 3 atom stereocenters. The molecule has 1 saturated carbocycles. The number of halogens is 2. The molecule has 0 radical (unpaired) electrons. The summed E-state index contributed by atoms with van der Waals surface area (Å²) in [5, 5.41) is 0. The van der Waals surface area contributed by atoms with E-state index in [1.165, 1.54) is 12.8 Å². The van der Waals surface area contributed by atoms with Crippen molar-refractivity contribution in [3.63, 3.8) is 0 Å². The Morgan fingerprint density at radius 2 is 2.10 bits per heavy atom. The molecule has 1 aliphatic carbocycles. The third kappa shape index (κ3) is 1.15. The van der Waals surface area contributed by atoms with Crippen LogP contribution < -0.4 is 0 Å². The summed E-state index contributed by atoms with van der Waals surface area (Å²) < 4.78 is 5.38. The Labute approximate surface area is 70.6 Å². The molecule has 58 valence electrons. The molecule has 2 fully saturated rings. The molecular weight excluding hydrogens is 171 g/mol. The topological polar surface area (TPSA) is 12.5 Å². The van der Waals surface area contributed by atoms with Crippen molar-refractivity contribution in [1.29, 1.82) is 0 Å². The van der Waals surface area contributed by atoms with E-state index in [1.54, 1.807) is 0 Å². The average Bonchev–Trinajstić information content (AvgIpc) is 2.63. The first-order chi connectivity index (χ1) is 4.79. The van der Waals surface area contributed by atoms with Crippen LogP contribution in [0.4, 0.5) is 0 Å². The highest BCUT2D eigenvalue weighted by molar-refractivity contribution is 6.44. The van der Waals surface area contributed by atoms with Gasteiger partial charge in [0.1, 0.15) is 4.84 Å². The highest BCUT2D eigenvalue weighted by atomic mass is 35.5. The predicted molar refractivity (Wildman–Crippen MR) is 41.5 cm³/mol. The number of rotatable bonds is 1. The van der Waals surface area contributed by atoms with Crippen molar-refractivity contribution >= 4 is 23.2 Å². The van der Waals surface area contributed by atoms with Gasteiger partial charge >= 0.3 is 0 Å². The van der Waals surface area contributed by atoms with Crippen LogP contribution in [0.2, 0.25) is 0 Å². The van der Waals surface area contributed by atoms with Crippen LogP contribution in [-0.2, 0) is 4.74 Å².